The molecule has 23 N–H and O–H groups in total. The van der Waals surface area contributed by atoms with Crippen molar-refractivity contribution in [1.82, 2.24) is 52.1 Å². The highest BCUT2D eigenvalue weighted by Crippen LogP contribution is 2.36. The Kier molecular flexibility index (Phi) is 24.6. The van der Waals surface area contributed by atoms with Gasteiger partial charge < -0.3 is 146 Å². The fourth-order valence-electron chi connectivity index (χ4n) is 13.5. The molecule has 2 aromatic heterocycles. The third-order valence-electron chi connectivity index (χ3n) is 19.7. The van der Waals surface area contributed by atoms with Gasteiger partial charge in [-0.3, -0.25) is 49.4 Å². The highest BCUT2D eigenvalue weighted by Gasteiger charge is 2.56. The fraction of sp³-hybridized carbons (Fsp3) is 0.500. The molecule has 5 unspecified atom stereocenters. The van der Waals surface area contributed by atoms with Crippen LogP contribution in [0.4, 0.5) is 12.0 Å². The second kappa shape index (κ2) is 34.0. The first-order chi connectivity index (χ1) is 52.3. The summed E-state index contributed by atoms with van der Waals surface area (Å²) in [6.45, 7) is -4.39. The first kappa shape index (κ1) is 78.8. The fourth-order valence-corrected chi connectivity index (χ4v) is 13.5. The molecule has 0 saturated carbocycles. The van der Waals surface area contributed by atoms with Crippen molar-refractivity contribution < 1.29 is 133 Å². The van der Waals surface area contributed by atoms with E-state index in [9.17, 15) is 86.5 Å². The summed E-state index contributed by atoms with van der Waals surface area (Å²) in [6, 6.07) is 12.6. The lowest BCUT2D eigenvalue weighted by Gasteiger charge is -2.46. The monoisotopic (exact) mass is 1530 g/mol. The number of aliphatic hydroxyl groups is 14. The predicted octanol–water partition coefficient (Wildman–Crippen LogP) is -9.05. The van der Waals surface area contributed by atoms with Gasteiger partial charge in [-0.05, 0) is 47.5 Å². The highest BCUT2D eigenvalue weighted by atomic mass is 16.7. The second-order valence-corrected chi connectivity index (χ2v) is 26.8. The Morgan fingerprint density at radius 1 is 0.569 bits per heavy atom. The van der Waals surface area contributed by atoms with Gasteiger partial charge in [0.2, 0.25) is 47.7 Å². The van der Waals surface area contributed by atoms with E-state index in [2.05, 4.69) is 57.5 Å². The summed E-state index contributed by atoms with van der Waals surface area (Å²) in [6.07, 6.45) is -32.9. The van der Waals surface area contributed by atoms with Gasteiger partial charge in [0.15, 0.2) is 29.6 Å². The molecule has 109 heavy (non-hydrogen) atoms. The van der Waals surface area contributed by atoms with E-state index < -0.39 is 240 Å². The number of fused-ring (bicyclic) bond motifs is 2. The van der Waals surface area contributed by atoms with E-state index in [1.165, 1.54) is 30.3 Å². The van der Waals surface area contributed by atoms with Crippen molar-refractivity contribution in [2.75, 3.05) is 56.3 Å². The first-order valence-corrected chi connectivity index (χ1v) is 34.7. The van der Waals surface area contributed by atoms with Gasteiger partial charge in [-0.15, -0.1) is 0 Å². The van der Waals surface area contributed by atoms with Gasteiger partial charge in [0, 0.05) is 12.3 Å². The number of rotatable bonds is 19. The van der Waals surface area contributed by atoms with Crippen LogP contribution in [-0.4, -0.2) is 326 Å². The summed E-state index contributed by atoms with van der Waals surface area (Å²) in [5.41, 5.74) is 1.93. The van der Waals surface area contributed by atoms with Gasteiger partial charge in [0.25, 0.3) is 0 Å². The number of aliphatic hydroxyl groups excluding tert-OH is 14. The second-order valence-electron chi connectivity index (χ2n) is 26.8. The number of para-hydroxylation sites is 4. The van der Waals surface area contributed by atoms with Crippen LogP contribution in [0.15, 0.2) is 117 Å². The summed E-state index contributed by atoms with van der Waals surface area (Å²) in [4.78, 5) is 105. The zero-order chi connectivity index (χ0) is 77.8. The first-order valence-electron chi connectivity index (χ1n) is 34.7. The van der Waals surface area contributed by atoms with Crippen molar-refractivity contribution in [2.24, 2.45) is 4.99 Å². The van der Waals surface area contributed by atoms with Crippen LogP contribution in [0.2, 0.25) is 0 Å². The molecule has 0 spiro atoms. The summed E-state index contributed by atoms with van der Waals surface area (Å²) in [7, 11) is 0. The molecule has 25 atom stereocenters. The van der Waals surface area contributed by atoms with E-state index in [-0.39, 0.29) is 46.9 Å². The molecule has 5 saturated heterocycles. The average Bonchev–Trinajstić information content (AvgIpc) is 1.64. The van der Waals surface area contributed by atoms with Crippen LogP contribution in [-0.2, 0) is 54.1 Å². The molecule has 0 radical (unpaired) electrons. The lowest BCUT2D eigenvalue weighted by molar-refractivity contribution is -0.352. The number of hydrogen-bond donors (Lipinski definition) is 23. The van der Waals surface area contributed by atoms with Crippen molar-refractivity contribution in [1.29, 1.82) is 5.41 Å². The molecule has 8 heterocycles. The Morgan fingerprint density at radius 2 is 1.15 bits per heavy atom. The summed E-state index contributed by atoms with van der Waals surface area (Å²) in [5, 5.41) is 185. The van der Waals surface area contributed by atoms with E-state index in [4.69, 9.17) is 32.5 Å². The van der Waals surface area contributed by atoms with Crippen molar-refractivity contribution in [3.05, 3.63) is 114 Å². The summed E-state index contributed by atoms with van der Waals surface area (Å²) in [5.74, 6) is -9.46. The number of aliphatic imine (C=N–C) groups is 1. The van der Waals surface area contributed by atoms with Crippen LogP contribution in [0.25, 0.3) is 22.2 Å². The van der Waals surface area contributed by atoms with Gasteiger partial charge in [-0.1, -0.05) is 73.7 Å². The molecule has 41 heteroatoms. The number of anilines is 2. The number of nitrogens with one attached hydrogen (secondary N) is 9. The average molecular weight is 1530 g/mol. The van der Waals surface area contributed by atoms with Gasteiger partial charge in [0.1, 0.15) is 132 Å². The molecular weight excluding hydrogens is 1440 g/mol. The summed E-state index contributed by atoms with van der Waals surface area (Å²) < 4.78 is 40.5. The lowest BCUT2D eigenvalue weighted by Crippen LogP contribution is -2.69. The predicted molar refractivity (Wildman–Crippen MR) is 369 cm³/mol. The Bertz CT molecular complexity index is 4170. The van der Waals surface area contributed by atoms with Crippen molar-refractivity contribution in [2.45, 2.75) is 166 Å². The molecule has 6 aromatic rings. The highest BCUT2D eigenvalue weighted by molar-refractivity contribution is 6.00. The standard InChI is InChI=1S/C68H84N14O27/c1-27(29-9-3-2-4-10-29)43-59(100)72-33(19-28-15-17-30(18-16-28)103-63-55(97)52(94)56(41(26-86)106-63)109-64-54(96)51(93)49(91)40(25-85)105-64)58(99)78-44(46(88)34-20-71-66(74-34)80-67-75-31-11-5-7-13-37(31)107-67)61(102)79-45(60(101)73-35(23-83)57(98)70-21-42(87)77-43)47(89)36-22-81(68-76-32-12-6-8-14-38(32)108-68)65(69)82(36)62-53(95)50(92)48(90)39(24-84)104-62/h2-18,27,33-36,39-41,43-56,62-64,69,83-86,88-97H,19-26H2,1H3,(H,70,98)(H,72,100)(H,73,101)(H,77,87)(H,78,99)(H,79,102)(H2,71,74,75,80)/t27?,33-,34?,35+,36?,39-,40-,41-,43+,44+,45-,46?,47?,48-,49-,50+,51+,52-,53+,54+,55+,56-,62+,63+,64-/m1/s1. The van der Waals surface area contributed by atoms with Crippen LogP contribution in [0.5, 0.6) is 5.75 Å². The SMILES string of the molecule is CC(c1ccccc1)[C@@H]1NC(=O)CNC(=O)[C@H](CO)NC(=O)[C@@H](C(O)C2CN(c3nc4ccccc4o3)C(=N)N2[C@H]2O[C@H](CO)[C@@H](O)[C@H](O)[C@@H]2O)NC(=O)[C@H](C(O)C2CN=C(Nc3nc4ccccc4o3)N2)NC(=O)[C@@H](Cc2ccc(O[C@H]3O[C@H](CO)[C@@H](O[C@H]4O[C@H](CO)[C@@H](O)[C@H](O)[C@@H]4O)[C@H](O)[C@@H]3O)cc2)NC1=O. The largest absolute Gasteiger partial charge is 0.462 e. The zero-order valence-corrected chi connectivity index (χ0v) is 57.7. The number of aromatic nitrogens is 2. The minimum absolute atomic E-state index is 0.0745. The molecule has 41 nitrogen and oxygen atoms in total. The van der Waals surface area contributed by atoms with Crippen molar-refractivity contribution in [3.8, 4) is 5.75 Å². The van der Waals surface area contributed by atoms with Crippen molar-refractivity contribution >= 4 is 81.6 Å². The smallest absolute Gasteiger partial charge is 0.305 e. The number of ether oxygens (including phenoxy) is 5. The van der Waals surface area contributed by atoms with Crippen LogP contribution in [0.1, 0.15) is 24.0 Å². The molecule has 0 bridgehead atoms. The number of benzene rings is 4. The molecule has 4 aromatic carbocycles. The molecule has 5 fully saturated rings. The maximum absolute atomic E-state index is 15.8. The lowest BCUT2D eigenvalue weighted by atomic mass is 9.92. The van der Waals surface area contributed by atoms with Crippen LogP contribution >= 0.6 is 0 Å². The van der Waals surface area contributed by atoms with E-state index in [0.717, 1.165) is 9.80 Å². The number of nitrogens with zero attached hydrogens (tertiary/aromatic N) is 5. The topological polar surface area (TPSA) is 623 Å². The van der Waals surface area contributed by atoms with E-state index in [0.29, 0.717) is 16.7 Å². The van der Waals surface area contributed by atoms with E-state index >= 15 is 19.2 Å². The Hall–Kier alpha value is -9.74. The minimum Gasteiger partial charge on any atom is -0.462 e. The quantitative estimate of drug-likeness (QED) is 0.0358. The molecule has 6 amide bonds. The Morgan fingerprint density at radius 3 is 1.81 bits per heavy atom. The number of amides is 6. The Labute approximate surface area is 616 Å². The zero-order valence-electron chi connectivity index (χ0n) is 57.7. The number of carbonyl (C=O) groups excluding carboxylic acids is 6. The number of oxazole rings is 2. The van der Waals surface area contributed by atoms with Gasteiger partial charge >= 0.3 is 12.0 Å². The third-order valence-corrected chi connectivity index (χ3v) is 19.7. The molecular formula is C68H84N14O27. The van der Waals surface area contributed by atoms with Crippen LogP contribution < -0.4 is 52.2 Å². The molecule has 588 valence electrons. The third kappa shape index (κ3) is 16.9. The number of guanidine groups is 2. The van der Waals surface area contributed by atoms with Crippen LogP contribution in [0, 0.1) is 5.41 Å². The van der Waals surface area contributed by atoms with Gasteiger partial charge in [-0.25, -0.2) is 0 Å². The minimum atomic E-state index is -2.50. The van der Waals surface area contributed by atoms with Gasteiger partial charge in [0.05, 0.1) is 58.1 Å². The van der Waals surface area contributed by atoms with Crippen molar-refractivity contribution in [3.63, 3.8) is 0 Å². The Balaban J connectivity index is 0.889. The molecule has 6 aliphatic heterocycles. The summed E-state index contributed by atoms with van der Waals surface area (Å²) >= 11 is 0. The van der Waals surface area contributed by atoms with Crippen LogP contribution in [0.3, 0.4) is 0 Å². The number of hydrogen-bond acceptors (Lipinski definition) is 33. The number of carbonyl (C=O) groups is 6. The molecule has 6 aliphatic rings. The van der Waals surface area contributed by atoms with E-state index in [1.807, 2.05) is 0 Å². The molecule has 12 rings (SSSR count). The maximum Gasteiger partial charge on any atom is 0.305 e. The molecule has 0 aliphatic carbocycles. The van der Waals surface area contributed by atoms with Gasteiger partial charge in [-0.2, -0.15) is 9.97 Å². The normalized spacial score (nSPS) is 33.5. The maximum atomic E-state index is 15.8. The van der Waals surface area contributed by atoms with E-state index in [1.54, 1.807) is 79.7 Å².